The maximum Gasteiger partial charge on any atom is 0.255 e. The average Bonchev–Trinajstić information content (AvgIpc) is 3.16. The molecule has 36 heavy (non-hydrogen) atoms. The summed E-state index contributed by atoms with van der Waals surface area (Å²) in [6, 6.07) is 12.3. The maximum atomic E-state index is 14.2. The summed E-state index contributed by atoms with van der Waals surface area (Å²) in [6.07, 6.45) is 4.92. The predicted octanol–water partition coefficient (Wildman–Crippen LogP) is 3.38. The summed E-state index contributed by atoms with van der Waals surface area (Å²) >= 11 is 0. The van der Waals surface area contributed by atoms with E-state index in [-0.39, 0.29) is 42.1 Å². The van der Waals surface area contributed by atoms with E-state index in [0.717, 1.165) is 55.6 Å². The molecule has 3 aliphatic heterocycles. The number of halogens is 1. The summed E-state index contributed by atoms with van der Waals surface area (Å²) in [4.78, 5) is 40.8. The number of hydrogen-bond acceptors (Lipinski definition) is 5. The Morgan fingerprint density at radius 1 is 0.972 bits per heavy atom. The number of hydrogen-bond donors (Lipinski definition) is 1. The minimum Gasteiger partial charge on any atom is -0.489 e. The molecule has 1 unspecified atom stereocenters. The SMILES string of the molecule is O=C1CCC(N2Cc3cc(O[C@@H]4CCCC[C@H]4N4CC(c5ccccc5F)C4)ccc3C2=O)C(=O)N1. The molecule has 4 aliphatic rings. The summed E-state index contributed by atoms with van der Waals surface area (Å²) in [5, 5.41) is 2.34. The number of carbonyl (C=O) groups excluding carboxylic acids is 3. The van der Waals surface area contributed by atoms with Gasteiger partial charge in [-0.2, -0.15) is 0 Å². The van der Waals surface area contributed by atoms with Crippen molar-refractivity contribution in [2.24, 2.45) is 0 Å². The second-order valence-corrected chi connectivity index (χ2v) is 10.4. The third-order valence-corrected chi connectivity index (χ3v) is 8.17. The lowest BCUT2D eigenvalue weighted by molar-refractivity contribution is -0.136. The van der Waals surface area contributed by atoms with Crippen LogP contribution in [0.5, 0.6) is 5.75 Å². The molecule has 0 aromatic heterocycles. The van der Waals surface area contributed by atoms with Gasteiger partial charge >= 0.3 is 0 Å². The van der Waals surface area contributed by atoms with Crippen molar-refractivity contribution in [2.75, 3.05) is 13.1 Å². The lowest BCUT2D eigenvalue weighted by Gasteiger charge is -2.48. The molecule has 2 aromatic carbocycles. The van der Waals surface area contributed by atoms with Crippen LogP contribution >= 0.6 is 0 Å². The smallest absolute Gasteiger partial charge is 0.255 e. The van der Waals surface area contributed by atoms with Gasteiger partial charge < -0.3 is 9.64 Å². The van der Waals surface area contributed by atoms with Crippen molar-refractivity contribution in [3.8, 4) is 5.75 Å². The number of ether oxygens (including phenoxy) is 1. The molecule has 6 rings (SSSR count). The predicted molar refractivity (Wildman–Crippen MR) is 130 cm³/mol. The number of benzene rings is 2. The zero-order valence-electron chi connectivity index (χ0n) is 20.1. The number of rotatable bonds is 5. The Labute approximate surface area is 209 Å². The van der Waals surface area contributed by atoms with Crippen LogP contribution in [0.25, 0.3) is 0 Å². The topological polar surface area (TPSA) is 79.0 Å². The molecule has 0 radical (unpaired) electrons. The van der Waals surface area contributed by atoms with Gasteiger partial charge in [0.25, 0.3) is 5.91 Å². The average molecular weight is 492 g/mol. The van der Waals surface area contributed by atoms with E-state index in [1.165, 1.54) is 6.07 Å². The van der Waals surface area contributed by atoms with Gasteiger partial charge in [0.1, 0.15) is 23.7 Å². The van der Waals surface area contributed by atoms with E-state index in [1.807, 2.05) is 24.3 Å². The van der Waals surface area contributed by atoms with Crippen LogP contribution < -0.4 is 10.1 Å². The largest absolute Gasteiger partial charge is 0.489 e. The van der Waals surface area contributed by atoms with Crippen LogP contribution in [0.3, 0.4) is 0 Å². The number of carbonyl (C=O) groups is 3. The number of fused-ring (bicyclic) bond motifs is 1. The van der Waals surface area contributed by atoms with E-state index in [2.05, 4.69) is 10.2 Å². The molecule has 0 spiro atoms. The van der Waals surface area contributed by atoms with Crippen molar-refractivity contribution in [3.05, 3.63) is 65.0 Å². The van der Waals surface area contributed by atoms with Crippen LogP contribution in [0.4, 0.5) is 4.39 Å². The van der Waals surface area contributed by atoms with Crippen molar-refractivity contribution >= 4 is 17.7 Å². The van der Waals surface area contributed by atoms with Gasteiger partial charge in [-0.05, 0) is 61.1 Å². The quantitative estimate of drug-likeness (QED) is 0.649. The van der Waals surface area contributed by atoms with E-state index < -0.39 is 11.9 Å². The maximum absolute atomic E-state index is 14.2. The molecule has 3 fully saturated rings. The van der Waals surface area contributed by atoms with E-state index in [4.69, 9.17) is 4.74 Å². The van der Waals surface area contributed by atoms with E-state index in [1.54, 1.807) is 17.0 Å². The van der Waals surface area contributed by atoms with Gasteiger partial charge in [0.05, 0.1) is 0 Å². The van der Waals surface area contributed by atoms with Gasteiger partial charge in [-0.15, -0.1) is 0 Å². The van der Waals surface area contributed by atoms with Crippen molar-refractivity contribution < 1.29 is 23.5 Å². The first-order chi connectivity index (χ1) is 17.5. The van der Waals surface area contributed by atoms with Gasteiger partial charge in [0.15, 0.2) is 0 Å². The summed E-state index contributed by atoms with van der Waals surface area (Å²) in [7, 11) is 0. The Balaban J connectivity index is 1.12. The van der Waals surface area contributed by atoms with Crippen LogP contribution in [-0.4, -0.2) is 58.8 Å². The highest BCUT2D eigenvalue weighted by Crippen LogP contribution is 2.37. The first-order valence-electron chi connectivity index (χ1n) is 12.9. The molecule has 188 valence electrons. The van der Waals surface area contributed by atoms with Gasteiger partial charge in [0.2, 0.25) is 11.8 Å². The van der Waals surface area contributed by atoms with Crippen LogP contribution in [0.1, 0.15) is 65.9 Å². The zero-order chi connectivity index (χ0) is 24.8. The summed E-state index contributed by atoms with van der Waals surface area (Å²) in [5.41, 5.74) is 2.23. The van der Waals surface area contributed by atoms with E-state index in [9.17, 15) is 18.8 Å². The Hall–Kier alpha value is -3.26. The van der Waals surface area contributed by atoms with Gasteiger partial charge in [-0.3, -0.25) is 24.6 Å². The molecular formula is C28H30FN3O4. The van der Waals surface area contributed by atoms with Crippen LogP contribution in [0.15, 0.2) is 42.5 Å². The van der Waals surface area contributed by atoms with Gasteiger partial charge in [-0.25, -0.2) is 4.39 Å². The van der Waals surface area contributed by atoms with Gasteiger partial charge in [-0.1, -0.05) is 24.6 Å². The zero-order valence-corrected chi connectivity index (χ0v) is 20.1. The summed E-state index contributed by atoms with van der Waals surface area (Å²) < 4.78 is 20.7. The first-order valence-corrected chi connectivity index (χ1v) is 12.9. The molecule has 2 aromatic rings. The van der Waals surface area contributed by atoms with Crippen LogP contribution in [-0.2, 0) is 16.1 Å². The van der Waals surface area contributed by atoms with Gasteiger partial charge in [0, 0.05) is 43.6 Å². The fourth-order valence-corrected chi connectivity index (χ4v) is 6.22. The number of nitrogens with one attached hydrogen (secondary N) is 1. The Morgan fingerprint density at radius 2 is 1.78 bits per heavy atom. The Bertz CT molecular complexity index is 1210. The molecule has 2 saturated heterocycles. The molecule has 8 heteroatoms. The van der Waals surface area contributed by atoms with Crippen LogP contribution in [0, 0.1) is 5.82 Å². The lowest BCUT2D eigenvalue weighted by Crippen LogP contribution is -2.57. The number of likely N-dealkylation sites (tertiary alicyclic amines) is 1. The monoisotopic (exact) mass is 491 g/mol. The van der Waals surface area contributed by atoms with E-state index in [0.29, 0.717) is 18.5 Å². The molecule has 3 amide bonds. The van der Waals surface area contributed by atoms with Crippen molar-refractivity contribution in [1.29, 1.82) is 0 Å². The minimum absolute atomic E-state index is 0.0433. The van der Waals surface area contributed by atoms with Crippen molar-refractivity contribution in [3.63, 3.8) is 0 Å². The summed E-state index contributed by atoms with van der Waals surface area (Å²) in [6.45, 7) is 2.01. The van der Waals surface area contributed by atoms with Crippen LogP contribution in [0.2, 0.25) is 0 Å². The number of piperidine rings is 1. The molecule has 1 saturated carbocycles. The standard InChI is InChI=1S/C28H30FN3O4/c29-22-6-2-1-5-20(22)18-14-31(15-18)23-7-3-4-8-25(23)36-19-9-10-21-17(13-19)16-32(28(21)35)24-11-12-26(33)30-27(24)34/h1-2,5-6,9-10,13,18,23-25H,3-4,7-8,11-12,14-16H2,(H,30,33,34)/t23-,24?,25-/m1/s1. The number of amides is 3. The highest BCUT2D eigenvalue weighted by molar-refractivity contribution is 6.05. The third kappa shape index (κ3) is 4.17. The fourth-order valence-electron chi connectivity index (χ4n) is 6.22. The molecule has 7 nitrogen and oxygen atoms in total. The molecule has 0 bridgehead atoms. The molecule has 3 heterocycles. The molecule has 3 atom stereocenters. The Morgan fingerprint density at radius 3 is 2.58 bits per heavy atom. The molecule has 1 N–H and O–H groups in total. The first kappa shape index (κ1) is 23.2. The fraction of sp³-hybridized carbons (Fsp3) is 0.464. The minimum atomic E-state index is -0.622. The second-order valence-electron chi connectivity index (χ2n) is 10.4. The second kappa shape index (κ2) is 9.32. The summed E-state index contributed by atoms with van der Waals surface area (Å²) in [5.74, 6) is -0.0514. The van der Waals surface area contributed by atoms with Crippen molar-refractivity contribution in [1.82, 2.24) is 15.1 Å². The molecule has 1 aliphatic carbocycles. The Kier molecular flexibility index (Phi) is 5.99. The number of nitrogens with zero attached hydrogens (tertiary/aromatic N) is 2. The highest BCUT2D eigenvalue weighted by atomic mass is 19.1. The van der Waals surface area contributed by atoms with E-state index >= 15 is 0 Å². The normalized spacial score (nSPS) is 27.0. The third-order valence-electron chi connectivity index (χ3n) is 8.17. The lowest BCUT2D eigenvalue weighted by atomic mass is 9.84. The number of imide groups is 1. The molecular weight excluding hydrogens is 461 g/mol. The van der Waals surface area contributed by atoms with Crippen molar-refractivity contribution in [2.45, 2.75) is 69.2 Å². The highest BCUT2D eigenvalue weighted by Gasteiger charge is 2.41.